The average Bonchev–Trinajstić information content (AvgIpc) is 3.16. The fourth-order valence-electron chi connectivity index (χ4n) is 3.15. The van der Waals surface area contributed by atoms with Gasteiger partial charge in [-0.25, -0.2) is 4.98 Å². The molecule has 0 spiro atoms. The zero-order valence-electron chi connectivity index (χ0n) is 15.9. The van der Waals surface area contributed by atoms with Crippen LogP contribution in [0.2, 0.25) is 0 Å². The number of aromatic hydroxyl groups is 1. The first kappa shape index (κ1) is 18.5. The lowest BCUT2D eigenvalue weighted by Crippen LogP contribution is -2.44. The zero-order chi connectivity index (χ0) is 19.3. The highest BCUT2D eigenvalue weighted by Gasteiger charge is 2.14. The van der Waals surface area contributed by atoms with Crippen molar-refractivity contribution in [1.29, 1.82) is 0 Å². The largest absolute Gasteiger partial charge is 0.508 e. The van der Waals surface area contributed by atoms with E-state index < -0.39 is 0 Å². The molecule has 28 heavy (non-hydrogen) atoms. The van der Waals surface area contributed by atoms with Crippen molar-refractivity contribution >= 4 is 40.0 Å². The minimum Gasteiger partial charge on any atom is -0.508 e. The predicted molar refractivity (Wildman–Crippen MR) is 119 cm³/mol. The Labute approximate surface area is 169 Å². The number of rotatable bonds is 5. The number of phenolic OH excluding ortho intramolecular Hbond substituents is 1. The third-order valence-electron chi connectivity index (χ3n) is 4.82. The summed E-state index contributed by atoms with van der Waals surface area (Å²) in [7, 11) is 2.17. The summed E-state index contributed by atoms with van der Waals surface area (Å²) in [6, 6.07) is 15.7. The van der Waals surface area contributed by atoms with E-state index in [-0.39, 0.29) is 5.75 Å². The molecule has 0 bridgehead atoms. The number of likely N-dealkylation sites (N-methyl/N-ethyl adjacent to an activating group) is 1. The van der Waals surface area contributed by atoms with Crippen molar-refractivity contribution in [3.8, 4) is 5.75 Å². The van der Waals surface area contributed by atoms with E-state index in [1.165, 1.54) is 5.69 Å². The predicted octanol–water partition coefficient (Wildman–Crippen LogP) is 4.51. The molecule has 4 rings (SSSR count). The van der Waals surface area contributed by atoms with Crippen LogP contribution in [0.3, 0.4) is 0 Å². The Hall–Kier alpha value is -2.83. The maximum Gasteiger partial charge on any atom is 0.187 e. The lowest BCUT2D eigenvalue weighted by Gasteiger charge is -2.34. The van der Waals surface area contributed by atoms with Crippen LogP contribution >= 0.6 is 11.3 Å². The molecule has 1 aromatic heterocycles. The van der Waals surface area contributed by atoms with Crippen LogP contribution in [0.15, 0.2) is 54.7 Å². The monoisotopic (exact) mass is 392 g/mol. The number of nitrogens with zero attached hydrogens (tertiary/aromatic N) is 3. The zero-order valence-corrected chi connectivity index (χ0v) is 16.7. The summed E-state index contributed by atoms with van der Waals surface area (Å²) in [4.78, 5) is 10.4. The maximum absolute atomic E-state index is 9.35. The van der Waals surface area contributed by atoms with Crippen molar-refractivity contribution in [2.24, 2.45) is 0 Å². The molecule has 3 aromatic rings. The molecule has 6 heteroatoms. The molecule has 2 heterocycles. The van der Waals surface area contributed by atoms with E-state index in [0.29, 0.717) is 0 Å². The molecule has 144 valence electrons. The normalized spacial score (nSPS) is 15.2. The van der Waals surface area contributed by atoms with Gasteiger partial charge in [0.05, 0.1) is 0 Å². The Kier molecular flexibility index (Phi) is 5.60. The summed E-state index contributed by atoms with van der Waals surface area (Å²) in [5.41, 5.74) is 3.35. The van der Waals surface area contributed by atoms with Gasteiger partial charge in [-0.2, -0.15) is 0 Å². The standard InChI is InChI=1S/C22H24N4OS/c1-25-11-13-26(14-12-25)19-4-2-3-18(15-19)24-22-23-16-21(28-22)10-7-17-5-8-20(27)9-6-17/h2-10,15-16,27H,11-14H2,1H3,(H,23,24)/b10-7+. The first-order valence-corrected chi connectivity index (χ1v) is 10.2. The molecule has 0 radical (unpaired) electrons. The number of anilines is 3. The first-order valence-electron chi connectivity index (χ1n) is 9.39. The van der Waals surface area contributed by atoms with Gasteiger partial charge in [0.2, 0.25) is 0 Å². The number of thiazole rings is 1. The molecule has 0 saturated carbocycles. The summed E-state index contributed by atoms with van der Waals surface area (Å²) in [5, 5.41) is 13.7. The number of piperazine rings is 1. The van der Waals surface area contributed by atoms with Gasteiger partial charge in [0.25, 0.3) is 0 Å². The Balaban J connectivity index is 1.41. The SMILES string of the molecule is CN1CCN(c2cccc(Nc3ncc(/C=C/c4ccc(O)cc4)s3)c2)CC1. The fourth-order valence-corrected chi connectivity index (χ4v) is 3.89. The highest BCUT2D eigenvalue weighted by molar-refractivity contribution is 7.16. The smallest absolute Gasteiger partial charge is 0.187 e. The van der Waals surface area contributed by atoms with Crippen LogP contribution in [-0.4, -0.2) is 48.2 Å². The topological polar surface area (TPSA) is 51.6 Å². The number of benzene rings is 2. The second-order valence-corrected chi connectivity index (χ2v) is 8.02. The summed E-state index contributed by atoms with van der Waals surface area (Å²) in [6.45, 7) is 4.31. The first-order chi connectivity index (χ1) is 13.7. The molecule has 1 fully saturated rings. The van der Waals surface area contributed by atoms with E-state index in [0.717, 1.165) is 47.4 Å². The quantitative estimate of drug-likeness (QED) is 0.669. The van der Waals surface area contributed by atoms with Crippen molar-refractivity contribution in [3.63, 3.8) is 0 Å². The van der Waals surface area contributed by atoms with E-state index in [9.17, 15) is 5.11 Å². The molecule has 1 aliphatic rings. The van der Waals surface area contributed by atoms with Gasteiger partial charge >= 0.3 is 0 Å². The molecule has 1 aliphatic heterocycles. The van der Waals surface area contributed by atoms with Gasteiger partial charge in [-0.1, -0.05) is 35.6 Å². The third-order valence-corrected chi connectivity index (χ3v) is 5.70. The lowest BCUT2D eigenvalue weighted by atomic mass is 10.2. The number of aromatic nitrogens is 1. The summed E-state index contributed by atoms with van der Waals surface area (Å²) in [5.74, 6) is 0.278. The molecule has 5 nitrogen and oxygen atoms in total. The summed E-state index contributed by atoms with van der Waals surface area (Å²) >= 11 is 1.61. The minimum absolute atomic E-state index is 0.278. The van der Waals surface area contributed by atoms with Crippen molar-refractivity contribution in [1.82, 2.24) is 9.88 Å². The van der Waals surface area contributed by atoms with Crippen LogP contribution in [0.5, 0.6) is 5.75 Å². The van der Waals surface area contributed by atoms with E-state index in [1.54, 1.807) is 23.5 Å². The van der Waals surface area contributed by atoms with Crippen LogP contribution in [0, 0.1) is 0 Å². The van der Waals surface area contributed by atoms with Gasteiger partial charge in [-0.15, -0.1) is 0 Å². The molecule has 0 amide bonds. The lowest BCUT2D eigenvalue weighted by molar-refractivity contribution is 0.313. The van der Waals surface area contributed by atoms with Gasteiger partial charge in [0.15, 0.2) is 5.13 Å². The van der Waals surface area contributed by atoms with Crippen LogP contribution in [0.25, 0.3) is 12.2 Å². The number of hydrogen-bond donors (Lipinski definition) is 2. The Morgan fingerprint density at radius 1 is 1.04 bits per heavy atom. The van der Waals surface area contributed by atoms with E-state index in [2.05, 4.69) is 51.4 Å². The van der Waals surface area contributed by atoms with Gasteiger partial charge in [-0.3, -0.25) is 0 Å². The fraction of sp³-hybridized carbons (Fsp3) is 0.227. The highest BCUT2D eigenvalue weighted by Crippen LogP contribution is 2.27. The Morgan fingerprint density at radius 2 is 1.82 bits per heavy atom. The molecule has 0 atom stereocenters. The van der Waals surface area contributed by atoms with Crippen LogP contribution in [0.4, 0.5) is 16.5 Å². The Morgan fingerprint density at radius 3 is 2.61 bits per heavy atom. The van der Waals surface area contributed by atoms with Crippen molar-refractivity contribution in [2.75, 3.05) is 43.4 Å². The van der Waals surface area contributed by atoms with Crippen LogP contribution in [0.1, 0.15) is 10.4 Å². The van der Waals surface area contributed by atoms with Crippen LogP contribution in [-0.2, 0) is 0 Å². The van der Waals surface area contributed by atoms with E-state index in [1.807, 2.05) is 30.5 Å². The second kappa shape index (κ2) is 8.46. The molecule has 0 aliphatic carbocycles. The molecular formula is C22H24N4OS. The van der Waals surface area contributed by atoms with Crippen molar-refractivity contribution < 1.29 is 5.11 Å². The van der Waals surface area contributed by atoms with E-state index >= 15 is 0 Å². The summed E-state index contributed by atoms with van der Waals surface area (Å²) in [6.07, 6.45) is 5.93. The van der Waals surface area contributed by atoms with Gasteiger partial charge in [-0.05, 0) is 49.0 Å². The number of nitrogens with one attached hydrogen (secondary N) is 1. The number of phenols is 1. The average molecular weight is 393 g/mol. The van der Waals surface area contributed by atoms with Gasteiger partial charge in [0.1, 0.15) is 5.75 Å². The molecule has 2 aromatic carbocycles. The molecule has 0 unspecified atom stereocenters. The maximum atomic E-state index is 9.35. The van der Waals surface area contributed by atoms with Crippen LogP contribution < -0.4 is 10.2 Å². The van der Waals surface area contributed by atoms with Crippen molar-refractivity contribution in [3.05, 3.63) is 65.2 Å². The van der Waals surface area contributed by atoms with Gasteiger partial charge in [0, 0.05) is 48.6 Å². The minimum atomic E-state index is 0.278. The van der Waals surface area contributed by atoms with Crippen molar-refractivity contribution in [2.45, 2.75) is 0 Å². The second-order valence-electron chi connectivity index (χ2n) is 6.96. The molecular weight excluding hydrogens is 368 g/mol. The Bertz CT molecular complexity index is 943. The molecule has 1 saturated heterocycles. The summed E-state index contributed by atoms with van der Waals surface area (Å²) < 4.78 is 0. The highest BCUT2D eigenvalue weighted by atomic mass is 32.1. The van der Waals surface area contributed by atoms with Gasteiger partial charge < -0.3 is 20.2 Å². The third kappa shape index (κ3) is 4.71. The number of hydrogen-bond acceptors (Lipinski definition) is 6. The molecule has 2 N–H and O–H groups in total. The van der Waals surface area contributed by atoms with E-state index in [4.69, 9.17) is 0 Å².